The largest absolute Gasteiger partial charge is 0.465 e. The van der Waals surface area contributed by atoms with E-state index in [4.69, 9.17) is 0 Å². The van der Waals surface area contributed by atoms with Gasteiger partial charge < -0.3 is 20.2 Å². The first-order valence-corrected chi connectivity index (χ1v) is 12.5. The average Bonchev–Trinajstić information content (AvgIpc) is 2.91. The van der Waals surface area contributed by atoms with Gasteiger partial charge in [-0.1, -0.05) is 42.5 Å². The third kappa shape index (κ3) is 5.86. The molecule has 3 aromatic rings. The number of benzene rings is 3. The Bertz CT molecular complexity index is 1150. The van der Waals surface area contributed by atoms with E-state index < -0.39 is 6.09 Å². The summed E-state index contributed by atoms with van der Waals surface area (Å²) in [5, 5.41) is 12.9. The van der Waals surface area contributed by atoms with Crippen LogP contribution in [0.2, 0.25) is 0 Å². The maximum atomic E-state index is 12.8. The molecule has 7 heteroatoms. The molecule has 0 spiro atoms. The second-order valence-electron chi connectivity index (χ2n) is 8.92. The Morgan fingerprint density at radius 2 is 1.47 bits per heavy atom. The van der Waals surface area contributed by atoms with E-state index in [0.717, 1.165) is 22.5 Å². The van der Waals surface area contributed by atoms with Gasteiger partial charge in [-0.25, -0.2) is 4.79 Å². The molecule has 7 nitrogen and oxygen atoms in total. The Labute approximate surface area is 213 Å². The number of carbonyl (C=O) groups is 2. The van der Waals surface area contributed by atoms with Crippen molar-refractivity contribution in [3.63, 3.8) is 0 Å². The van der Waals surface area contributed by atoms with Crippen LogP contribution in [0.3, 0.4) is 0 Å². The number of para-hydroxylation sites is 1. The summed E-state index contributed by atoms with van der Waals surface area (Å²) in [6.45, 7) is 7.52. The molecule has 0 aliphatic carbocycles. The molecule has 1 aliphatic rings. The van der Waals surface area contributed by atoms with Gasteiger partial charge in [0, 0.05) is 56.2 Å². The third-order valence-electron chi connectivity index (χ3n) is 6.74. The van der Waals surface area contributed by atoms with Crippen molar-refractivity contribution in [3.8, 4) is 0 Å². The van der Waals surface area contributed by atoms with E-state index in [2.05, 4.69) is 22.3 Å². The minimum absolute atomic E-state index is 0.0345. The van der Waals surface area contributed by atoms with Crippen molar-refractivity contribution in [2.45, 2.75) is 19.9 Å². The van der Waals surface area contributed by atoms with Gasteiger partial charge in [0.15, 0.2) is 0 Å². The van der Waals surface area contributed by atoms with Crippen LogP contribution in [0, 0.1) is 0 Å². The Morgan fingerprint density at radius 1 is 0.833 bits per heavy atom. The number of amides is 2. The Morgan fingerprint density at radius 3 is 2.08 bits per heavy atom. The van der Waals surface area contributed by atoms with Crippen molar-refractivity contribution in [2.24, 2.45) is 0 Å². The number of hydrogen-bond donors (Lipinski definition) is 2. The molecule has 188 valence electrons. The monoisotopic (exact) mass is 486 g/mol. The molecule has 1 heterocycles. The summed E-state index contributed by atoms with van der Waals surface area (Å²) in [5.41, 5.74) is 4.87. The van der Waals surface area contributed by atoms with Crippen LogP contribution in [0.1, 0.15) is 41.4 Å². The minimum Gasteiger partial charge on any atom is -0.465 e. The highest BCUT2D eigenvalue weighted by Gasteiger charge is 2.28. The second-order valence-corrected chi connectivity index (χ2v) is 8.92. The van der Waals surface area contributed by atoms with E-state index in [1.807, 2.05) is 85.5 Å². The lowest BCUT2D eigenvalue weighted by molar-refractivity contribution is 0.0773. The van der Waals surface area contributed by atoms with Crippen LogP contribution >= 0.6 is 0 Å². The summed E-state index contributed by atoms with van der Waals surface area (Å²) in [6, 6.07) is 26.2. The van der Waals surface area contributed by atoms with Crippen LogP contribution < -0.4 is 5.32 Å². The normalized spacial score (nSPS) is 14.8. The van der Waals surface area contributed by atoms with E-state index in [9.17, 15) is 14.7 Å². The topological polar surface area (TPSA) is 76.1 Å². The molecule has 0 radical (unpaired) electrons. The zero-order chi connectivity index (χ0) is 25.5. The Balaban J connectivity index is 1.64. The van der Waals surface area contributed by atoms with Gasteiger partial charge in [-0.3, -0.25) is 9.69 Å². The molecule has 0 unspecified atom stereocenters. The summed E-state index contributed by atoms with van der Waals surface area (Å²) in [4.78, 5) is 29.9. The number of nitrogens with zero attached hydrogens (tertiary/aromatic N) is 3. The maximum Gasteiger partial charge on any atom is 0.407 e. The molecule has 1 saturated heterocycles. The predicted molar refractivity (Wildman–Crippen MR) is 143 cm³/mol. The SMILES string of the molecule is CCN(CC)C(=O)c1ccc([C@H](c2cccc(Nc3ccccc3)c2)N2CCN(C(=O)O)CC2)cc1. The lowest BCUT2D eigenvalue weighted by atomic mass is 9.94. The first-order valence-electron chi connectivity index (χ1n) is 12.5. The van der Waals surface area contributed by atoms with Crippen LogP contribution in [-0.4, -0.2) is 71.1 Å². The number of rotatable bonds is 8. The first kappa shape index (κ1) is 25.3. The molecule has 0 aromatic heterocycles. The van der Waals surface area contributed by atoms with Crippen LogP contribution in [0.15, 0.2) is 78.9 Å². The molecule has 36 heavy (non-hydrogen) atoms. The maximum absolute atomic E-state index is 12.8. The highest BCUT2D eigenvalue weighted by atomic mass is 16.4. The van der Waals surface area contributed by atoms with Gasteiger partial charge in [0.1, 0.15) is 0 Å². The zero-order valence-electron chi connectivity index (χ0n) is 20.9. The van der Waals surface area contributed by atoms with Gasteiger partial charge in [-0.15, -0.1) is 0 Å². The smallest absolute Gasteiger partial charge is 0.407 e. The van der Waals surface area contributed by atoms with Crippen LogP contribution in [0.4, 0.5) is 16.2 Å². The van der Waals surface area contributed by atoms with Crippen molar-refractivity contribution in [1.29, 1.82) is 0 Å². The first-order chi connectivity index (χ1) is 17.5. The second kappa shape index (κ2) is 11.7. The highest BCUT2D eigenvalue weighted by Crippen LogP contribution is 2.32. The van der Waals surface area contributed by atoms with Gasteiger partial charge in [0.25, 0.3) is 5.91 Å². The molecule has 2 N–H and O–H groups in total. The van der Waals surface area contributed by atoms with E-state index in [1.165, 1.54) is 4.90 Å². The molecule has 3 aromatic carbocycles. The van der Waals surface area contributed by atoms with Crippen molar-refractivity contribution in [2.75, 3.05) is 44.6 Å². The fraction of sp³-hybridized carbons (Fsp3) is 0.310. The molecule has 4 rings (SSSR count). The number of nitrogens with one attached hydrogen (secondary N) is 1. The minimum atomic E-state index is -0.875. The van der Waals surface area contributed by atoms with Crippen LogP contribution in [0.5, 0.6) is 0 Å². The summed E-state index contributed by atoms with van der Waals surface area (Å²) in [5.74, 6) is 0.0345. The van der Waals surface area contributed by atoms with Gasteiger partial charge in [-0.2, -0.15) is 0 Å². The summed E-state index contributed by atoms with van der Waals surface area (Å²) < 4.78 is 0. The third-order valence-corrected chi connectivity index (χ3v) is 6.74. The molecule has 1 aliphatic heterocycles. The number of hydrogen-bond acceptors (Lipinski definition) is 4. The van der Waals surface area contributed by atoms with Crippen molar-refractivity contribution < 1.29 is 14.7 Å². The number of carboxylic acid groups (broad SMARTS) is 1. The molecule has 1 atom stereocenters. The lowest BCUT2D eigenvalue weighted by Gasteiger charge is -2.39. The van der Waals surface area contributed by atoms with Gasteiger partial charge in [0.2, 0.25) is 0 Å². The highest BCUT2D eigenvalue weighted by molar-refractivity contribution is 5.94. The molecular weight excluding hydrogens is 452 g/mol. The van der Waals surface area contributed by atoms with Gasteiger partial charge >= 0.3 is 6.09 Å². The fourth-order valence-electron chi connectivity index (χ4n) is 4.76. The zero-order valence-corrected chi connectivity index (χ0v) is 20.9. The molecule has 2 amide bonds. The quantitative estimate of drug-likeness (QED) is 0.452. The van der Waals surface area contributed by atoms with Gasteiger partial charge in [-0.05, 0) is 61.4 Å². The predicted octanol–water partition coefficient (Wildman–Crippen LogP) is 5.30. The van der Waals surface area contributed by atoms with E-state index >= 15 is 0 Å². The number of piperazine rings is 1. The fourth-order valence-corrected chi connectivity index (χ4v) is 4.76. The summed E-state index contributed by atoms with van der Waals surface area (Å²) in [6.07, 6.45) is -0.875. The standard InChI is InChI=1S/C29H34N4O3/c1-3-31(4-2)28(34)23-15-13-22(14-16-23)27(32-17-19-33(20-18-32)29(35)36)24-9-8-12-26(21-24)30-25-10-6-5-7-11-25/h5-16,21,27,30H,3-4,17-20H2,1-2H3,(H,35,36)/t27-/m1/s1. The van der Waals surface area contributed by atoms with E-state index in [-0.39, 0.29) is 11.9 Å². The number of carbonyl (C=O) groups excluding carboxylic acids is 1. The lowest BCUT2D eigenvalue weighted by Crippen LogP contribution is -2.49. The molecule has 0 bridgehead atoms. The molecular formula is C29H34N4O3. The van der Waals surface area contributed by atoms with E-state index in [0.29, 0.717) is 44.8 Å². The number of anilines is 2. The van der Waals surface area contributed by atoms with Crippen LogP contribution in [-0.2, 0) is 0 Å². The van der Waals surface area contributed by atoms with Crippen molar-refractivity contribution in [3.05, 3.63) is 95.6 Å². The molecule has 1 fully saturated rings. The molecule has 0 saturated carbocycles. The Kier molecular flexibility index (Phi) is 8.23. The Hall–Kier alpha value is -3.84. The van der Waals surface area contributed by atoms with E-state index in [1.54, 1.807) is 0 Å². The van der Waals surface area contributed by atoms with Crippen LogP contribution in [0.25, 0.3) is 0 Å². The summed E-state index contributed by atoms with van der Waals surface area (Å²) in [7, 11) is 0. The summed E-state index contributed by atoms with van der Waals surface area (Å²) >= 11 is 0. The van der Waals surface area contributed by atoms with Gasteiger partial charge in [0.05, 0.1) is 6.04 Å². The average molecular weight is 487 g/mol. The van der Waals surface area contributed by atoms with Crippen molar-refractivity contribution in [1.82, 2.24) is 14.7 Å². The van der Waals surface area contributed by atoms with Crippen molar-refractivity contribution >= 4 is 23.4 Å².